The molecular formula is C5H14Cl2N2. The van der Waals surface area contributed by atoms with E-state index in [2.05, 4.69) is 12.2 Å². The van der Waals surface area contributed by atoms with Crippen LogP contribution in [0.15, 0.2) is 0 Å². The first-order chi connectivity index (χ1) is 3.30. The van der Waals surface area contributed by atoms with E-state index in [0.717, 1.165) is 13.1 Å². The molecule has 1 saturated heterocycles. The molecule has 2 nitrogen and oxygen atoms in total. The van der Waals surface area contributed by atoms with Crippen LogP contribution in [0.25, 0.3) is 0 Å². The zero-order valence-corrected chi connectivity index (χ0v) is 7.10. The van der Waals surface area contributed by atoms with Crippen LogP contribution < -0.4 is 11.1 Å². The van der Waals surface area contributed by atoms with E-state index >= 15 is 0 Å². The van der Waals surface area contributed by atoms with Crippen molar-refractivity contribution >= 4 is 24.8 Å². The van der Waals surface area contributed by atoms with E-state index in [-0.39, 0.29) is 24.8 Å². The summed E-state index contributed by atoms with van der Waals surface area (Å²) in [6, 6.07) is 0.403. The third kappa shape index (κ3) is 3.26. The van der Waals surface area contributed by atoms with Gasteiger partial charge in [-0.15, -0.1) is 24.8 Å². The topological polar surface area (TPSA) is 38.0 Å². The van der Waals surface area contributed by atoms with Crippen molar-refractivity contribution in [3.63, 3.8) is 0 Å². The van der Waals surface area contributed by atoms with Crippen LogP contribution in [0.1, 0.15) is 6.92 Å². The summed E-state index contributed by atoms with van der Waals surface area (Å²) in [4.78, 5) is 0. The van der Waals surface area contributed by atoms with Crippen molar-refractivity contribution in [1.82, 2.24) is 5.32 Å². The van der Waals surface area contributed by atoms with Gasteiger partial charge in [-0.25, -0.2) is 0 Å². The first kappa shape index (κ1) is 12.2. The minimum atomic E-state index is 0. The molecule has 1 aliphatic rings. The van der Waals surface area contributed by atoms with Gasteiger partial charge in [-0.05, 0) is 12.5 Å². The van der Waals surface area contributed by atoms with Crippen LogP contribution in [-0.2, 0) is 0 Å². The molecule has 0 saturated carbocycles. The highest BCUT2D eigenvalue weighted by molar-refractivity contribution is 5.85. The van der Waals surface area contributed by atoms with E-state index in [9.17, 15) is 0 Å². The fraction of sp³-hybridized carbons (Fsp3) is 1.00. The minimum absolute atomic E-state index is 0. The van der Waals surface area contributed by atoms with Gasteiger partial charge in [0.15, 0.2) is 0 Å². The summed E-state index contributed by atoms with van der Waals surface area (Å²) in [7, 11) is 0. The van der Waals surface area contributed by atoms with Crippen molar-refractivity contribution in [1.29, 1.82) is 0 Å². The molecule has 9 heavy (non-hydrogen) atoms. The van der Waals surface area contributed by atoms with Crippen LogP contribution >= 0.6 is 24.8 Å². The predicted octanol–water partition coefficient (Wildman–Crippen LogP) is 0.397. The Morgan fingerprint density at radius 1 is 1.33 bits per heavy atom. The lowest BCUT2D eigenvalue weighted by Crippen LogP contribution is -2.26. The number of hydrogen-bond acceptors (Lipinski definition) is 2. The van der Waals surface area contributed by atoms with Gasteiger partial charge in [0.05, 0.1) is 0 Å². The number of nitrogens with one attached hydrogen (secondary N) is 1. The molecule has 2 unspecified atom stereocenters. The second kappa shape index (κ2) is 5.30. The Bertz CT molecular complexity index is 62.0. The smallest absolute Gasteiger partial charge is 0.0203 e. The lowest BCUT2D eigenvalue weighted by atomic mass is 10.1. The van der Waals surface area contributed by atoms with E-state index in [1.807, 2.05) is 0 Å². The normalized spacial score (nSPS) is 32.7. The molecule has 1 rings (SSSR count). The van der Waals surface area contributed by atoms with Crippen molar-refractivity contribution in [2.45, 2.75) is 13.0 Å². The summed E-state index contributed by atoms with van der Waals surface area (Å²) >= 11 is 0. The Morgan fingerprint density at radius 3 is 2.00 bits per heavy atom. The monoisotopic (exact) mass is 172 g/mol. The molecule has 2 atom stereocenters. The Kier molecular flexibility index (Phi) is 7.18. The third-order valence-electron chi connectivity index (χ3n) is 1.58. The summed E-state index contributed by atoms with van der Waals surface area (Å²) < 4.78 is 0. The minimum Gasteiger partial charge on any atom is -0.326 e. The average molecular weight is 173 g/mol. The summed E-state index contributed by atoms with van der Waals surface area (Å²) in [6.07, 6.45) is 0. The summed E-state index contributed by atoms with van der Waals surface area (Å²) in [5, 5.41) is 3.20. The van der Waals surface area contributed by atoms with E-state index in [1.165, 1.54) is 0 Å². The molecule has 58 valence electrons. The van der Waals surface area contributed by atoms with Crippen molar-refractivity contribution in [3.8, 4) is 0 Å². The molecule has 0 radical (unpaired) electrons. The largest absolute Gasteiger partial charge is 0.326 e. The SMILES string of the molecule is CC1CNCC1N.Cl.Cl. The van der Waals surface area contributed by atoms with E-state index < -0.39 is 0 Å². The molecule has 1 heterocycles. The highest BCUT2D eigenvalue weighted by Crippen LogP contribution is 2.02. The van der Waals surface area contributed by atoms with Crippen molar-refractivity contribution in [3.05, 3.63) is 0 Å². The quantitative estimate of drug-likeness (QED) is 0.556. The highest BCUT2D eigenvalue weighted by atomic mass is 35.5. The molecular weight excluding hydrogens is 159 g/mol. The first-order valence-electron chi connectivity index (χ1n) is 2.77. The van der Waals surface area contributed by atoms with Gasteiger partial charge in [0.25, 0.3) is 0 Å². The zero-order valence-electron chi connectivity index (χ0n) is 5.46. The van der Waals surface area contributed by atoms with Crippen LogP contribution in [0.3, 0.4) is 0 Å². The second-order valence-corrected chi connectivity index (χ2v) is 2.30. The molecule has 0 aliphatic carbocycles. The summed E-state index contributed by atoms with van der Waals surface area (Å²) in [5.41, 5.74) is 5.62. The molecule has 4 heteroatoms. The predicted molar refractivity (Wildman–Crippen MR) is 44.5 cm³/mol. The number of halogens is 2. The average Bonchev–Trinajstić information content (AvgIpc) is 1.91. The maximum Gasteiger partial charge on any atom is 0.0203 e. The standard InChI is InChI=1S/C5H12N2.2ClH/c1-4-2-7-3-5(4)6;;/h4-5,7H,2-3,6H2,1H3;2*1H. The number of hydrogen-bond donors (Lipinski definition) is 2. The van der Waals surface area contributed by atoms with E-state index in [4.69, 9.17) is 5.73 Å². The van der Waals surface area contributed by atoms with Crippen LogP contribution in [0.2, 0.25) is 0 Å². The Balaban J connectivity index is 0. The van der Waals surface area contributed by atoms with Gasteiger partial charge in [0, 0.05) is 12.6 Å². The first-order valence-corrected chi connectivity index (χ1v) is 2.77. The molecule has 0 aromatic heterocycles. The van der Waals surface area contributed by atoms with Gasteiger partial charge in [0.2, 0.25) is 0 Å². The Morgan fingerprint density at radius 2 is 1.89 bits per heavy atom. The van der Waals surface area contributed by atoms with Crippen LogP contribution in [0.5, 0.6) is 0 Å². The highest BCUT2D eigenvalue weighted by Gasteiger charge is 2.17. The fourth-order valence-corrected chi connectivity index (χ4v) is 0.830. The molecule has 1 fully saturated rings. The molecule has 3 N–H and O–H groups in total. The molecule has 0 amide bonds. The van der Waals surface area contributed by atoms with Gasteiger partial charge < -0.3 is 11.1 Å². The maximum atomic E-state index is 5.62. The second-order valence-electron chi connectivity index (χ2n) is 2.30. The van der Waals surface area contributed by atoms with Gasteiger partial charge in [-0.3, -0.25) is 0 Å². The lowest BCUT2D eigenvalue weighted by Gasteiger charge is -2.03. The van der Waals surface area contributed by atoms with E-state index in [0.29, 0.717) is 12.0 Å². The van der Waals surface area contributed by atoms with Crippen LogP contribution in [0, 0.1) is 5.92 Å². The van der Waals surface area contributed by atoms with Gasteiger partial charge in [0.1, 0.15) is 0 Å². The molecule has 1 aliphatic heterocycles. The molecule has 0 aromatic rings. The van der Waals surface area contributed by atoms with Gasteiger partial charge >= 0.3 is 0 Å². The van der Waals surface area contributed by atoms with E-state index in [1.54, 1.807) is 0 Å². The maximum absolute atomic E-state index is 5.62. The van der Waals surface area contributed by atoms with Gasteiger partial charge in [-0.2, -0.15) is 0 Å². The Hall–Kier alpha value is 0.500. The lowest BCUT2D eigenvalue weighted by molar-refractivity contribution is 0.565. The van der Waals surface area contributed by atoms with Crippen LogP contribution in [0.4, 0.5) is 0 Å². The molecule has 0 spiro atoms. The zero-order chi connectivity index (χ0) is 5.28. The summed E-state index contributed by atoms with van der Waals surface area (Å²) in [6.45, 7) is 4.27. The van der Waals surface area contributed by atoms with Crippen LogP contribution in [-0.4, -0.2) is 19.1 Å². The number of rotatable bonds is 0. The fourth-order valence-electron chi connectivity index (χ4n) is 0.830. The summed E-state index contributed by atoms with van der Waals surface area (Å²) in [5.74, 6) is 0.681. The molecule has 0 aromatic carbocycles. The van der Waals surface area contributed by atoms with Crippen molar-refractivity contribution in [2.75, 3.05) is 13.1 Å². The van der Waals surface area contributed by atoms with Gasteiger partial charge in [-0.1, -0.05) is 6.92 Å². The molecule has 0 bridgehead atoms. The third-order valence-corrected chi connectivity index (χ3v) is 1.58. The number of nitrogens with two attached hydrogens (primary N) is 1. The Labute approximate surface area is 68.4 Å². The van der Waals surface area contributed by atoms with Crippen molar-refractivity contribution < 1.29 is 0 Å². The van der Waals surface area contributed by atoms with Crippen molar-refractivity contribution in [2.24, 2.45) is 11.7 Å².